The molecule has 1 heterocycles. The summed E-state index contributed by atoms with van der Waals surface area (Å²) in [6.07, 6.45) is -0.808. The number of rotatable bonds is 8. The standard InChI is InChI=1S/C21H28N2O7/c1-14(24)16(20(26)29-3)11-19(25)23-10-9-17(18(12-23)28-2)22-21(27)30-13-15-7-5-4-6-8-15/h4-8,16-18H,9-13H2,1-3H3,(H,22,27)/t16?,17-,18+/m1/s1. The third-order valence-corrected chi connectivity index (χ3v) is 5.09. The molecule has 30 heavy (non-hydrogen) atoms. The van der Waals surface area contributed by atoms with Gasteiger partial charge in [0.15, 0.2) is 0 Å². The van der Waals surface area contributed by atoms with Crippen molar-refractivity contribution < 1.29 is 33.4 Å². The summed E-state index contributed by atoms with van der Waals surface area (Å²) in [6.45, 7) is 1.99. The Morgan fingerprint density at radius 2 is 1.87 bits per heavy atom. The summed E-state index contributed by atoms with van der Waals surface area (Å²) in [5, 5.41) is 2.78. The molecule has 9 heteroatoms. The monoisotopic (exact) mass is 420 g/mol. The van der Waals surface area contributed by atoms with E-state index in [0.29, 0.717) is 13.0 Å². The minimum absolute atomic E-state index is 0.154. The topological polar surface area (TPSA) is 111 Å². The van der Waals surface area contributed by atoms with Crippen molar-refractivity contribution >= 4 is 23.8 Å². The number of hydrogen-bond acceptors (Lipinski definition) is 7. The highest BCUT2D eigenvalue weighted by atomic mass is 16.5. The zero-order valence-corrected chi connectivity index (χ0v) is 17.5. The first-order valence-corrected chi connectivity index (χ1v) is 9.71. The lowest BCUT2D eigenvalue weighted by atomic mass is 9.97. The molecule has 3 atom stereocenters. The van der Waals surface area contributed by atoms with Gasteiger partial charge in [0.1, 0.15) is 18.3 Å². The van der Waals surface area contributed by atoms with Crippen LogP contribution in [-0.4, -0.2) is 68.1 Å². The molecule has 0 aliphatic carbocycles. The van der Waals surface area contributed by atoms with E-state index in [1.54, 1.807) is 0 Å². The van der Waals surface area contributed by atoms with Gasteiger partial charge in [0.2, 0.25) is 5.91 Å². The van der Waals surface area contributed by atoms with Crippen LogP contribution in [0.25, 0.3) is 0 Å². The van der Waals surface area contributed by atoms with Crippen molar-refractivity contribution in [1.82, 2.24) is 10.2 Å². The Morgan fingerprint density at radius 3 is 2.47 bits per heavy atom. The van der Waals surface area contributed by atoms with Crippen molar-refractivity contribution in [3.8, 4) is 0 Å². The van der Waals surface area contributed by atoms with Gasteiger partial charge in [0.25, 0.3) is 0 Å². The van der Waals surface area contributed by atoms with Crippen LogP contribution in [0.3, 0.4) is 0 Å². The fourth-order valence-corrected chi connectivity index (χ4v) is 3.30. The molecule has 2 amide bonds. The number of hydrogen-bond donors (Lipinski definition) is 1. The van der Waals surface area contributed by atoms with Crippen molar-refractivity contribution in [1.29, 1.82) is 0 Å². The van der Waals surface area contributed by atoms with E-state index >= 15 is 0 Å². The van der Waals surface area contributed by atoms with Crippen LogP contribution in [0.1, 0.15) is 25.3 Å². The molecule has 0 spiro atoms. The number of ether oxygens (including phenoxy) is 3. The zero-order valence-electron chi connectivity index (χ0n) is 17.5. The predicted octanol–water partition coefficient (Wildman–Crippen LogP) is 1.30. The largest absolute Gasteiger partial charge is 0.468 e. The van der Waals surface area contributed by atoms with E-state index in [1.807, 2.05) is 30.3 Å². The molecule has 0 radical (unpaired) electrons. The van der Waals surface area contributed by atoms with E-state index < -0.39 is 29.9 Å². The maximum absolute atomic E-state index is 12.6. The number of alkyl carbamates (subject to hydrolysis) is 1. The first kappa shape index (κ1) is 23.3. The fraction of sp³-hybridized carbons (Fsp3) is 0.524. The summed E-state index contributed by atoms with van der Waals surface area (Å²) < 4.78 is 15.3. The van der Waals surface area contributed by atoms with Crippen molar-refractivity contribution in [3.05, 3.63) is 35.9 Å². The van der Waals surface area contributed by atoms with Gasteiger partial charge in [-0.25, -0.2) is 4.79 Å². The highest BCUT2D eigenvalue weighted by Crippen LogP contribution is 2.18. The van der Waals surface area contributed by atoms with Crippen LogP contribution >= 0.6 is 0 Å². The molecule has 1 unspecified atom stereocenters. The summed E-state index contributed by atoms with van der Waals surface area (Å²) in [4.78, 5) is 49.6. The Bertz CT molecular complexity index is 753. The van der Waals surface area contributed by atoms with Crippen molar-refractivity contribution in [2.45, 2.75) is 38.5 Å². The number of nitrogens with one attached hydrogen (secondary N) is 1. The molecule has 1 saturated heterocycles. The minimum atomic E-state index is -1.12. The minimum Gasteiger partial charge on any atom is -0.468 e. The maximum Gasteiger partial charge on any atom is 0.407 e. The van der Waals surface area contributed by atoms with Gasteiger partial charge in [-0.1, -0.05) is 30.3 Å². The molecular weight excluding hydrogens is 392 g/mol. The van der Waals surface area contributed by atoms with Gasteiger partial charge in [0, 0.05) is 26.6 Å². The van der Waals surface area contributed by atoms with E-state index in [0.717, 1.165) is 5.56 Å². The van der Waals surface area contributed by atoms with E-state index in [4.69, 9.17) is 9.47 Å². The van der Waals surface area contributed by atoms with Crippen LogP contribution < -0.4 is 5.32 Å². The summed E-state index contributed by atoms with van der Waals surface area (Å²) in [6, 6.07) is 9.00. The molecule has 1 aliphatic heterocycles. The Labute approximate surface area is 175 Å². The van der Waals surface area contributed by atoms with Gasteiger partial charge < -0.3 is 24.4 Å². The summed E-state index contributed by atoms with van der Waals surface area (Å²) >= 11 is 0. The second-order valence-corrected chi connectivity index (χ2v) is 7.11. The molecule has 1 fully saturated rings. The Kier molecular flexibility index (Phi) is 8.79. The number of Topliss-reactive ketones (excluding diaryl/α,β-unsaturated/α-hetero) is 1. The van der Waals surface area contributed by atoms with E-state index in [1.165, 1.54) is 26.0 Å². The highest BCUT2D eigenvalue weighted by molar-refractivity contribution is 6.01. The fourth-order valence-electron chi connectivity index (χ4n) is 3.30. The number of ketones is 1. The van der Waals surface area contributed by atoms with Gasteiger partial charge >= 0.3 is 12.1 Å². The number of amides is 2. The van der Waals surface area contributed by atoms with Crippen LogP contribution in [0.4, 0.5) is 4.79 Å². The number of piperidine rings is 1. The molecular formula is C21H28N2O7. The van der Waals surface area contributed by atoms with Crippen molar-refractivity contribution in [2.75, 3.05) is 27.3 Å². The number of nitrogens with zero attached hydrogens (tertiary/aromatic N) is 1. The average molecular weight is 420 g/mol. The predicted molar refractivity (Wildman–Crippen MR) is 106 cm³/mol. The van der Waals surface area contributed by atoms with Crippen LogP contribution in [-0.2, 0) is 35.2 Å². The SMILES string of the molecule is COC(=O)C(CC(=O)N1CC[C@@H](NC(=O)OCc2ccccc2)[C@@H](OC)C1)C(C)=O. The second-order valence-electron chi connectivity index (χ2n) is 7.11. The van der Waals surface area contributed by atoms with Gasteiger partial charge in [-0.2, -0.15) is 0 Å². The number of benzene rings is 1. The average Bonchev–Trinajstić information content (AvgIpc) is 2.76. The number of esters is 1. The second kappa shape index (κ2) is 11.3. The molecule has 0 saturated carbocycles. The lowest BCUT2D eigenvalue weighted by Gasteiger charge is -2.38. The van der Waals surface area contributed by atoms with E-state index in [-0.39, 0.29) is 31.5 Å². The quantitative estimate of drug-likeness (QED) is 0.498. The lowest BCUT2D eigenvalue weighted by molar-refractivity contribution is -0.153. The van der Waals surface area contributed by atoms with Gasteiger partial charge in [0.05, 0.1) is 19.3 Å². The molecule has 2 rings (SSSR count). The highest BCUT2D eigenvalue weighted by Gasteiger charge is 2.35. The normalized spacial score (nSPS) is 19.5. The summed E-state index contributed by atoms with van der Waals surface area (Å²) in [5.74, 6) is -2.60. The summed E-state index contributed by atoms with van der Waals surface area (Å²) in [7, 11) is 2.67. The number of methoxy groups -OCH3 is 2. The molecule has 1 N–H and O–H groups in total. The first-order chi connectivity index (χ1) is 14.3. The summed E-state index contributed by atoms with van der Waals surface area (Å²) in [5.41, 5.74) is 0.877. The molecule has 0 bridgehead atoms. The van der Waals surface area contributed by atoms with Crippen LogP contribution in [0.5, 0.6) is 0 Å². The lowest BCUT2D eigenvalue weighted by Crippen LogP contribution is -2.56. The third kappa shape index (κ3) is 6.55. The molecule has 0 aromatic heterocycles. The number of carbonyl (C=O) groups excluding carboxylic acids is 4. The Balaban J connectivity index is 1.87. The maximum atomic E-state index is 12.6. The Hall–Kier alpha value is -2.94. The Morgan fingerprint density at radius 1 is 1.17 bits per heavy atom. The third-order valence-electron chi connectivity index (χ3n) is 5.09. The number of likely N-dealkylation sites (tertiary alicyclic amines) is 1. The van der Waals surface area contributed by atoms with Crippen molar-refractivity contribution in [3.63, 3.8) is 0 Å². The first-order valence-electron chi connectivity index (χ1n) is 9.71. The van der Waals surface area contributed by atoms with Crippen LogP contribution in [0, 0.1) is 5.92 Å². The smallest absolute Gasteiger partial charge is 0.407 e. The molecule has 1 aromatic rings. The molecule has 9 nitrogen and oxygen atoms in total. The van der Waals surface area contributed by atoms with Gasteiger partial charge in [-0.3, -0.25) is 14.4 Å². The molecule has 164 valence electrons. The van der Waals surface area contributed by atoms with Crippen LogP contribution in [0.15, 0.2) is 30.3 Å². The van der Waals surface area contributed by atoms with Crippen molar-refractivity contribution in [2.24, 2.45) is 5.92 Å². The van der Waals surface area contributed by atoms with Crippen LogP contribution in [0.2, 0.25) is 0 Å². The number of carbonyl (C=O) groups is 4. The zero-order chi connectivity index (χ0) is 22.1. The van der Waals surface area contributed by atoms with Gasteiger partial charge in [-0.05, 0) is 18.9 Å². The molecule has 1 aromatic carbocycles. The van der Waals surface area contributed by atoms with Gasteiger partial charge in [-0.15, -0.1) is 0 Å². The van der Waals surface area contributed by atoms with E-state index in [2.05, 4.69) is 10.1 Å². The molecule has 1 aliphatic rings. The van der Waals surface area contributed by atoms with E-state index in [9.17, 15) is 19.2 Å².